The number of fused-ring (bicyclic) bond motifs is 1. The lowest BCUT2D eigenvalue weighted by molar-refractivity contribution is -0.500. The van der Waals surface area contributed by atoms with E-state index in [0.717, 1.165) is 33.1 Å². The summed E-state index contributed by atoms with van der Waals surface area (Å²) in [5.41, 5.74) is 1.93. The average Bonchev–Trinajstić information content (AvgIpc) is 3.22. The first-order valence-corrected chi connectivity index (χ1v) is 9.85. The molecule has 0 spiro atoms. The standard InChI is InChI=1S/C20H14NO5S2/c1-25-13-7-3-11(4-8-13)15-17(12-5-9-14(26-2)10-6-12)27-20-21(15)16(18(22)23)19(24)28-20/h3-10H,1-2H3. The molecule has 0 aliphatic carbocycles. The molecule has 0 saturated carbocycles. The van der Waals surface area contributed by atoms with Crippen molar-refractivity contribution in [3.05, 3.63) is 54.2 Å². The van der Waals surface area contributed by atoms with Crippen LogP contribution in [0, 0.1) is 0 Å². The van der Waals surface area contributed by atoms with Crippen molar-refractivity contribution in [1.82, 2.24) is 0 Å². The van der Waals surface area contributed by atoms with Gasteiger partial charge in [-0.05, 0) is 76.8 Å². The third kappa shape index (κ3) is 2.96. The third-order valence-electron chi connectivity index (χ3n) is 4.32. The molecule has 0 saturated heterocycles. The molecule has 4 rings (SSSR count). The molecule has 0 fully saturated rings. The highest BCUT2D eigenvalue weighted by atomic mass is 32.2. The Labute approximate surface area is 168 Å². The molecule has 6 nitrogen and oxygen atoms in total. The Balaban J connectivity index is 2.02. The maximum atomic E-state index is 12.2. The molecule has 2 heterocycles. The van der Waals surface area contributed by atoms with Crippen molar-refractivity contribution in [3.8, 4) is 38.3 Å². The SMILES string of the molecule is COc1ccc(-c2sc3sc([O])c(C(=O)[O-])[n+]3c2-c2ccc(OC)cc2)cc1. The lowest BCUT2D eigenvalue weighted by Crippen LogP contribution is -2.35. The number of hydrogen-bond acceptors (Lipinski definition) is 6. The minimum absolute atomic E-state index is 0.359. The van der Waals surface area contributed by atoms with E-state index in [1.54, 1.807) is 26.4 Å². The largest absolute Gasteiger partial charge is 0.539 e. The van der Waals surface area contributed by atoms with E-state index in [1.807, 2.05) is 36.4 Å². The summed E-state index contributed by atoms with van der Waals surface area (Å²) in [6.45, 7) is 0. The molecule has 4 aromatic rings. The monoisotopic (exact) mass is 412 g/mol. The van der Waals surface area contributed by atoms with Gasteiger partial charge in [-0.25, -0.2) is 0 Å². The summed E-state index contributed by atoms with van der Waals surface area (Å²) in [7, 11) is 3.17. The van der Waals surface area contributed by atoms with E-state index < -0.39 is 11.0 Å². The molecule has 2 aromatic carbocycles. The van der Waals surface area contributed by atoms with Crippen molar-refractivity contribution in [1.29, 1.82) is 0 Å². The Kier molecular flexibility index (Phi) is 4.66. The molecule has 0 unspecified atom stereocenters. The number of methoxy groups -OCH3 is 2. The summed E-state index contributed by atoms with van der Waals surface area (Å²) < 4.78 is 12.5. The number of nitrogens with zero attached hydrogens (tertiary/aromatic N) is 1. The van der Waals surface area contributed by atoms with E-state index >= 15 is 0 Å². The number of ether oxygens (including phenoxy) is 2. The molecular formula is C20H14NO5S2. The average molecular weight is 412 g/mol. The van der Waals surface area contributed by atoms with Crippen molar-refractivity contribution >= 4 is 32.8 Å². The van der Waals surface area contributed by atoms with Gasteiger partial charge in [0.05, 0.1) is 14.2 Å². The fourth-order valence-corrected chi connectivity index (χ4v) is 5.34. The van der Waals surface area contributed by atoms with Crippen LogP contribution in [0.5, 0.6) is 16.6 Å². The van der Waals surface area contributed by atoms with Crippen LogP contribution in [0.4, 0.5) is 0 Å². The third-order valence-corrected chi connectivity index (χ3v) is 6.54. The van der Waals surface area contributed by atoms with Crippen molar-refractivity contribution in [2.45, 2.75) is 0 Å². The Hall–Kier alpha value is -3.10. The lowest BCUT2D eigenvalue weighted by Gasteiger charge is -2.04. The molecular weight excluding hydrogens is 398 g/mol. The van der Waals surface area contributed by atoms with Gasteiger partial charge in [-0.15, -0.1) is 4.40 Å². The maximum Gasteiger partial charge on any atom is 0.330 e. The second kappa shape index (κ2) is 7.14. The van der Waals surface area contributed by atoms with Crippen LogP contribution in [-0.4, -0.2) is 20.2 Å². The molecule has 0 N–H and O–H groups in total. The zero-order valence-electron chi connectivity index (χ0n) is 14.9. The second-order valence-electron chi connectivity index (χ2n) is 5.86. The molecule has 141 valence electrons. The van der Waals surface area contributed by atoms with Gasteiger partial charge >= 0.3 is 9.21 Å². The Morgan fingerprint density at radius 3 is 1.93 bits per heavy atom. The molecule has 0 bridgehead atoms. The van der Waals surface area contributed by atoms with Crippen LogP contribution < -0.4 is 19.0 Å². The van der Waals surface area contributed by atoms with Crippen LogP contribution >= 0.6 is 22.7 Å². The molecule has 0 aliphatic heterocycles. The summed E-state index contributed by atoms with van der Waals surface area (Å²) in [6.07, 6.45) is 0. The van der Waals surface area contributed by atoms with Gasteiger partial charge in [-0.1, -0.05) is 0 Å². The van der Waals surface area contributed by atoms with Gasteiger partial charge < -0.3 is 19.4 Å². The molecule has 8 heteroatoms. The van der Waals surface area contributed by atoms with E-state index in [0.29, 0.717) is 15.6 Å². The highest BCUT2D eigenvalue weighted by Crippen LogP contribution is 2.41. The van der Waals surface area contributed by atoms with Crippen LogP contribution in [0.1, 0.15) is 10.5 Å². The zero-order valence-corrected chi connectivity index (χ0v) is 16.6. The normalized spacial score (nSPS) is 10.9. The summed E-state index contributed by atoms with van der Waals surface area (Å²) in [4.78, 5) is 12.5. The maximum absolute atomic E-state index is 12.2. The first kappa shape index (κ1) is 18.3. The van der Waals surface area contributed by atoms with Crippen LogP contribution in [0.15, 0.2) is 48.5 Å². The highest BCUT2D eigenvalue weighted by molar-refractivity contribution is 7.38. The zero-order chi connectivity index (χ0) is 19.8. The molecule has 1 radical (unpaired) electrons. The van der Waals surface area contributed by atoms with Gasteiger partial charge in [0.25, 0.3) is 5.69 Å². The second-order valence-corrected chi connectivity index (χ2v) is 8.08. The molecule has 0 amide bonds. The van der Waals surface area contributed by atoms with Gasteiger partial charge in [0.1, 0.15) is 22.3 Å². The van der Waals surface area contributed by atoms with E-state index in [1.165, 1.54) is 15.7 Å². The summed E-state index contributed by atoms with van der Waals surface area (Å²) in [6, 6.07) is 14.7. The van der Waals surface area contributed by atoms with Crippen molar-refractivity contribution in [2.75, 3.05) is 14.2 Å². The van der Waals surface area contributed by atoms with E-state index in [9.17, 15) is 15.0 Å². The van der Waals surface area contributed by atoms with Crippen LogP contribution in [0.25, 0.3) is 25.8 Å². The first-order valence-electron chi connectivity index (χ1n) is 8.22. The summed E-state index contributed by atoms with van der Waals surface area (Å²) in [5, 5.41) is 23.3. The van der Waals surface area contributed by atoms with E-state index in [2.05, 4.69) is 0 Å². The minimum Gasteiger partial charge on any atom is -0.539 e. The van der Waals surface area contributed by atoms with Crippen LogP contribution in [0.3, 0.4) is 0 Å². The number of carbonyl (C=O) groups excluding carboxylic acids is 1. The van der Waals surface area contributed by atoms with Crippen LogP contribution in [0.2, 0.25) is 0 Å². The number of hydrogen-bond donors (Lipinski definition) is 0. The van der Waals surface area contributed by atoms with Gasteiger partial charge in [0.2, 0.25) is 5.69 Å². The highest BCUT2D eigenvalue weighted by Gasteiger charge is 2.33. The lowest BCUT2D eigenvalue weighted by atomic mass is 10.1. The number of carboxylic acid groups (broad SMARTS) is 1. The fourth-order valence-electron chi connectivity index (χ4n) is 2.98. The number of carboxylic acids is 1. The topological polar surface area (TPSA) is 82.6 Å². The van der Waals surface area contributed by atoms with Crippen molar-refractivity contribution < 1.29 is 28.9 Å². The number of aromatic carboxylic acids is 1. The van der Waals surface area contributed by atoms with Gasteiger partial charge in [-0.2, -0.15) is 0 Å². The molecule has 0 atom stereocenters. The Bertz CT molecular complexity index is 1160. The minimum atomic E-state index is -1.49. The Morgan fingerprint density at radius 2 is 1.43 bits per heavy atom. The first-order chi connectivity index (χ1) is 13.5. The van der Waals surface area contributed by atoms with Gasteiger partial charge in [0, 0.05) is 5.56 Å². The predicted molar refractivity (Wildman–Crippen MR) is 104 cm³/mol. The van der Waals surface area contributed by atoms with Crippen molar-refractivity contribution in [3.63, 3.8) is 0 Å². The fraction of sp³-hybridized carbons (Fsp3) is 0.100. The molecule has 0 aliphatic rings. The van der Waals surface area contributed by atoms with Gasteiger partial charge in [0.15, 0.2) is 0 Å². The molecule has 2 aromatic heterocycles. The predicted octanol–water partition coefficient (Wildman–Crippen LogP) is 3.41. The number of benzene rings is 2. The number of aromatic nitrogens is 1. The quantitative estimate of drug-likeness (QED) is 0.471. The molecule has 28 heavy (non-hydrogen) atoms. The van der Waals surface area contributed by atoms with Crippen molar-refractivity contribution in [2.24, 2.45) is 0 Å². The van der Waals surface area contributed by atoms with Gasteiger partial charge in [-0.3, -0.25) is 5.11 Å². The van der Waals surface area contributed by atoms with Crippen LogP contribution in [-0.2, 0) is 5.11 Å². The Morgan fingerprint density at radius 1 is 0.893 bits per heavy atom. The summed E-state index contributed by atoms with van der Waals surface area (Å²) >= 11 is 2.27. The number of thiazole rings is 2. The van der Waals surface area contributed by atoms with E-state index in [4.69, 9.17) is 9.47 Å². The van der Waals surface area contributed by atoms with E-state index in [-0.39, 0.29) is 5.69 Å². The number of carbonyl (C=O) groups is 1. The smallest absolute Gasteiger partial charge is 0.330 e. The summed E-state index contributed by atoms with van der Waals surface area (Å²) in [5.74, 6) is -0.0886. The number of rotatable bonds is 5.